The third-order valence-electron chi connectivity index (χ3n) is 5.70. The highest BCUT2D eigenvalue weighted by Crippen LogP contribution is 2.53. The predicted octanol–water partition coefficient (Wildman–Crippen LogP) is 2.05. The van der Waals surface area contributed by atoms with E-state index >= 15 is 0 Å². The normalized spacial score (nSPS) is 50.8. The van der Waals surface area contributed by atoms with E-state index in [1.54, 1.807) is 0 Å². The van der Waals surface area contributed by atoms with Gasteiger partial charge in [0.05, 0.1) is 17.3 Å². The fourth-order valence-electron chi connectivity index (χ4n) is 4.20. The summed E-state index contributed by atoms with van der Waals surface area (Å²) >= 11 is 0. The second-order valence-corrected chi connectivity index (χ2v) is 7.99. The third-order valence-corrected chi connectivity index (χ3v) is 5.70. The largest absolute Gasteiger partial charge is 0.459 e. The lowest BCUT2D eigenvalue weighted by Crippen LogP contribution is -2.40. The number of ether oxygens (including phenoxy) is 3. The Labute approximate surface area is 132 Å². The lowest BCUT2D eigenvalue weighted by Gasteiger charge is -2.31. The van der Waals surface area contributed by atoms with Crippen molar-refractivity contribution in [1.29, 1.82) is 0 Å². The molecule has 3 aliphatic rings. The lowest BCUT2D eigenvalue weighted by atomic mass is 9.77. The smallest absolute Gasteiger partial charge is 0.303 e. The van der Waals surface area contributed by atoms with E-state index in [0.717, 1.165) is 12.8 Å². The molecule has 126 valence electrons. The Kier molecular flexibility index (Phi) is 3.82. The number of hydrogen-bond acceptors (Lipinski definition) is 5. The summed E-state index contributed by atoms with van der Waals surface area (Å²) in [4.78, 5) is 11.5. The standard InChI is InChI=1S/C17H28O5/c1-9(2)11-6-7-16(4)14(21-16)12(19)8-17(5)15(22-17)13(11)20-10(3)18/h9,11-15,19H,6-8H2,1-5H3/t11?,12?,13-,14-,15+,16-,17+/m1/s1. The number of rotatable bonds is 2. The van der Waals surface area contributed by atoms with Gasteiger partial charge >= 0.3 is 5.97 Å². The van der Waals surface area contributed by atoms with Crippen LogP contribution in [-0.4, -0.2) is 46.7 Å². The van der Waals surface area contributed by atoms with Gasteiger partial charge in [-0.15, -0.1) is 0 Å². The molecule has 22 heavy (non-hydrogen) atoms. The summed E-state index contributed by atoms with van der Waals surface area (Å²) in [6.45, 7) is 9.83. The van der Waals surface area contributed by atoms with Gasteiger partial charge in [0.2, 0.25) is 0 Å². The van der Waals surface area contributed by atoms with Crippen molar-refractivity contribution in [3.63, 3.8) is 0 Å². The average molecular weight is 312 g/mol. The van der Waals surface area contributed by atoms with E-state index in [2.05, 4.69) is 20.8 Å². The molecule has 2 unspecified atom stereocenters. The monoisotopic (exact) mass is 312 g/mol. The molecule has 1 aliphatic carbocycles. The molecule has 0 aromatic heterocycles. The maximum atomic E-state index is 11.5. The van der Waals surface area contributed by atoms with Gasteiger partial charge in [-0.2, -0.15) is 0 Å². The van der Waals surface area contributed by atoms with Crippen molar-refractivity contribution < 1.29 is 24.1 Å². The van der Waals surface area contributed by atoms with Crippen molar-refractivity contribution in [3.8, 4) is 0 Å². The highest BCUT2D eigenvalue weighted by Gasteiger charge is 2.65. The molecule has 0 bridgehead atoms. The molecule has 0 spiro atoms. The van der Waals surface area contributed by atoms with E-state index in [1.165, 1.54) is 6.92 Å². The number of carbonyl (C=O) groups is 1. The van der Waals surface area contributed by atoms with Gasteiger partial charge in [-0.3, -0.25) is 4.79 Å². The summed E-state index contributed by atoms with van der Waals surface area (Å²) in [6.07, 6.45) is 1.33. The van der Waals surface area contributed by atoms with Crippen LogP contribution in [0.25, 0.3) is 0 Å². The molecule has 0 aromatic rings. The van der Waals surface area contributed by atoms with Gasteiger partial charge in [0.15, 0.2) is 0 Å². The van der Waals surface area contributed by atoms with E-state index in [0.29, 0.717) is 12.3 Å². The lowest BCUT2D eigenvalue weighted by molar-refractivity contribution is -0.151. The van der Waals surface area contributed by atoms with E-state index < -0.39 is 11.7 Å². The molecule has 7 atom stereocenters. The van der Waals surface area contributed by atoms with Crippen LogP contribution >= 0.6 is 0 Å². The van der Waals surface area contributed by atoms with Crippen LogP contribution in [0.3, 0.4) is 0 Å². The minimum atomic E-state index is -0.520. The zero-order valence-electron chi connectivity index (χ0n) is 14.2. The molecule has 0 aromatic carbocycles. The number of epoxide rings is 2. The quantitative estimate of drug-likeness (QED) is 0.624. The van der Waals surface area contributed by atoms with Gasteiger partial charge in [0.1, 0.15) is 18.3 Å². The minimum absolute atomic E-state index is 0.0905. The number of aliphatic hydroxyl groups excluding tert-OH is 1. The first-order valence-electron chi connectivity index (χ1n) is 8.37. The van der Waals surface area contributed by atoms with Crippen LogP contribution in [0, 0.1) is 11.8 Å². The molecule has 1 saturated carbocycles. The van der Waals surface area contributed by atoms with Crippen molar-refractivity contribution in [3.05, 3.63) is 0 Å². The number of aliphatic hydroxyl groups is 1. The molecule has 2 aliphatic heterocycles. The molecule has 5 nitrogen and oxygen atoms in total. The van der Waals surface area contributed by atoms with Crippen LogP contribution in [0.4, 0.5) is 0 Å². The highest BCUT2D eigenvalue weighted by atomic mass is 16.6. The van der Waals surface area contributed by atoms with Crippen molar-refractivity contribution in [2.75, 3.05) is 0 Å². The molecule has 2 heterocycles. The zero-order chi connectivity index (χ0) is 16.3. The Bertz CT molecular complexity index is 464. The number of esters is 1. The van der Waals surface area contributed by atoms with Crippen molar-refractivity contribution in [2.24, 2.45) is 11.8 Å². The first-order chi connectivity index (χ1) is 10.2. The van der Waals surface area contributed by atoms with Crippen LogP contribution < -0.4 is 0 Å². The third kappa shape index (κ3) is 2.79. The zero-order valence-corrected chi connectivity index (χ0v) is 14.2. The van der Waals surface area contributed by atoms with Crippen molar-refractivity contribution in [2.45, 2.75) is 89.5 Å². The molecule has 2 saturated heterocycles. The van der Waals surface area contributed by atoms with Gasteiger partial charge < -0.3 is 19.3 Å². The Hall–Kier alpha value is -0.650. The molecular weight excluding hydrogens is 284 g/mol. The topological polar surface area (TPSA) is 71.6 Å². The summed E-state index contributed by atoms with van der Waals surface area (Å²) in [5.41, 5.74) is -0.664. The van der Waals surface area contributed by atoms with Crippen LogP contribution in [0.1, 0.15) is 53.9 Å². The van der Waals surface area contributed by atoms with E-state index in [9.17, 15) is 9.90 Å². The summed E-state index contributed by atoms with van der Waals surface area (Å²) in [5.74, 6) is 0.369. The van der Waals surface area contributed by atoms with Crippen LogP contribution in [0.2, 0.25) is 0 Å². The summed E-state index contributed by atoms with van der Waals surface area (Å²) in [6, 6.07) is 0. The van der Waals surface area contributed by atoms with Crippen molar-refractivity contribution in [1.82, 2.24) is 0 Å². The Morgan fingerprint density at radius 1 is 1.23 bits per heavy atom. The average Bonchev–Trinajstić information content (AvgIpc) is 3.23. The Morgan fingerprint density at radius 2 is 1.86 bits per heavy atom. The second kappa shape index (κ2) is 5.18. The maximum Gasteiger partial charge on any atom is 0.303 e. The number of fused-ring (bicyclic) bond motifs is 2. The molecule has 0 radical (unpaired) electrons. The van der Waals surface area contributed by atoms with E-state index in [1.807, 2.05) is 6.92 Å². The Morgan fingerprint density at radius 3 is 2.45 bits per heavy atom. The molecular formula is C17H28O5. The molecule has 1 N–H and O–H groups in total. The Balaban J connectivity index is 1.85. The fourth-order valence-corrected chi connectivity index (χ4v) is 4.20. The van der Waals surface area contributed by atoms with Crippen LogP contribution in [0.5, 0.6) is 0 Å². The molecule has 0 amide bonds. The number of carbonyl (C=O) groups excluding carboxylic acids is 1. The summed E-state index contributed by atoms with van der Waals surface area (Å²) in [5, 5.41) is 10.4. The van der Waals surface area contributed by atoms with Crippen molar-refractivity contribution >= 4 is 5.97 Å². The maximum absolute atomic E-state index is 11.5. The molecule has 5 heteroatoms. The fraction of sp³-hybridized carbons (Fsp3) is 0.941. The predicted molar refractivity (Wildman–Crippen MR) is 80.3 cm³/mol. The summed E-state index contributed by atoms with van der Waals surface area (Å²) in [7, 11) is 0. The van der Waals surface area contributed by atoms with Crippen LogP contribution in [-0.2, 0) is 19.0 Å². The van der Waals surface area contributed by atoms with Gasteiger partial charge in [-0.05, 0) is 32.6 Å². The first-order valence-corrected chi connectivity index (χ1v) is 8.37. The number of hydrogen-bond donors (Lipinski definition) is 1. The minimum Gasteiger partial charge on any atom is -0.459 e. The molecule has 3 fully saturated rings. The highest BCUT2D eigenvalue weighted by molar-refractivity contribution is 5.66. The van der Waals surface area contributed by atoms with E-state index in [4.69, 9.17) is 14.2 Å². The SMILES string of the molecule is CC(=O)O[C@@H]1C(C(C)C)CC[C@@]2(C)O[C@@H]2C(O)C[C@]2(C)O[C@@H]12. The van der Waals surface area contributed by atoms with Gasteiger partial charge in [-0.1, -0.05) is 13.8 Å². The van der Waals surface area contributed by atoms with Crippen LogP contribution in [0.15, 0.2) is 0 Å². The second-order valence-electron chi connectivity index (χ2n) is 7.99. The van der Waals surface area contributed by atoms with Gasteiger partial charge in [0.25, 0.3) is 0 Å². The van der Waals surface area contributed by atoms with Gasteiger partial charge in [-0.25, -0.2) is 0 Å². The van der Waals surface area contributed by atoms with Gasteiger partial charge in [0, 0.05) is 19.3 Å². The van der Waals surface area contributed by atoms with E-state index in [-0.39, 0.29) is 35.8 Å². The summed E-state index contributed by atoms with van der Waals surface area (Å²) < 4.78 is 17.3. The first kappa shape index (κ1) is 16.2. The molecule has 3 rings (SSSR count).